The summed E-state index contributed by atoms with van der Waals surface area (Å²) in [6.07, 6.45) is 3.44. The van der Waals surface area contributed by atoms with E-state index in [1.54, 1.807) is 0 Å². The van der Waals surface area contributed by atoms with Gasteiger partial charge in [0.2, 0.25) is 5.91 Å². The van der Waals surface area contributed by atoms with Crippen LogP contribution in [-0.4, -0.2) is 74.0 Å². The zero-order chi connectivity index (χ0) is 25.3. The van der Waals surface area contributed by atoms with E-state index in [9.17, 15) is 9.59 Å². The van der Waals surface area contributed by atoms with E-state index in [-0.39, 0.29) is 41.4 Å². The van der Waals surface area contributed by atoms with Crippen LogP contribution in [-0.2, 0) is 17.8 Å². The summed E-state index contributed by atoms with van der Waals surface area (Å²) in [4.78, 5) is 30.3. The van der Waals surface area contributed by atoms with E-state index in [2.05, 4.69) is 27.8 Å². The van der Waals surface area contributed by atoms with Crippen LogP contribution in [0.3, 0.4) is 0 Å². The van der Waals surface area contributed by atoms with Gasteiger partial charge in [-0.25, -0.2) is 4.79 Å². The highest BCUT2D eigenvalue weighted by atomic mass is 16.2. The van der Waals surface area contributed by atoms with Crippen molar-refractivity contribution < 1.29 is 9.59 Å². The first-order chi connectivity index (χ1) is 16.5. The molecule has 2 saturated heterocycles. The van der Waals surface area contributed by atoms with Crippen molar-refractivity contribution >= 4 is 11.9 Å². The van der Waals surface area contributed by atoms with Crippen molar-refractivity contribution in [3.05, 3.63) is 47.8 Å². The highest BCUT2D eigenvalue weighted by molar-refractivity contribution is 5.84. The van der Waals surface area contributed by atoms with Crippen molar-refractivity contribution in [2.75, 3.05) is 13.1 Å². The summed E-state index contributed by atoms with van der Waals surface area (Å²) in [7, 11) is 0. The topological polar surface area (TPSA) is 109 Å². The Kier molecular flexibility index (Phi) is 7.17. The van der Waals surface area contributed by atoms with Crippen LogP contribution in [0.1, 0.15) is 52.3 Å². The van der Waals surface area contributed by atoms with Crippen LogP contribution < -0.4 is 11.1 Å². The van der Waals surface area contributed by atoms with Crippen LogP contribution in [0.2, 0.25) is 0 Å². The average Bonchev–Trinajstić information content (AvgIpc) is 3.49. The number of carbonyl (C=O) groups is 2. The third kappa shape index (κ3) is 5.50. The number of amides is 3. The van der Waals surface area contributed by atoms with E-state index < -0.39 is 6.04 Å². The van der Waals surface area contributed by atoms with E-state index in [1.807, 2.05) is 73.5 Å². The van der Waals surface area contributed by atoms with Gasteiger partial charge in [-0.05, 0) is 31.2 Å². The Bertz CT molecular complexity index is 1030. The first-order valence-electron chi connectivity index (χ1n) is 12.6. The normalized spacial score (nSPS) is 23.0. The van der Waals surface area contributed by atoms with Gasteiger partial charge in [0, 0.05) is 44.2 Å². The number of carbonyl (C=O) groups excluding carboxylic acids is 2. The highest BCUT2D eigenvalue weighted by Gasteiger charge is 2.53. The number of aromatic nitrogens is 3. The number of nitrogens with zero attached hydrogens (tertiary/aromatic N) is 5. The molecule has 0 spiro atoms. The predicted molar refractivity (Wildman–Crippen MR) is 134 cm³/mol. The molecule has 9 heteroatoms. The van der Waals surface area contributed by atoms with Gasteiger partial charge in [-0.1, -0.05) is 56.3 Å². The van der Waals surface area contributed by atoms with E-state index in [1.165, 1.54) is 5.56 Å². The first-order valence-corrected chi connectivity index (χ1v) is 12.6. The van der Waals surface area contributed by atoms with Crippen LogP contribution in [0, 0.1) is 11.3 Å². The van der Waals surface area contributed by atoms with Gasteiger partial charge in [0.1, 0.15) is 0 Å². The van der Waals surface area contributed by atoms with Crippen LogP contribution in [0.25, 0.3) is 0 Å². The van der Waals surface area contributed by atoms with E-state index in [0.29, 0.717) is 26.1 Å². The maximum absolute atomic E-state index is 13.4. The monoisotopic (exact) mass is 481 g/mol. The standard InChI is InChI=1S/C26H39N7O2/c1-17(2)28-25(35)33-15-19(14-31-16-20(29-30-31)13-18-9-7-6-8-10-18)22-21(33)11-12-32(22)24(34)23(27)26(3,4)5/h6-10,16-17,19,21-23H,11-15,27H2,1-5H3,(H,28,35)/t19-,21+,22+,23+/m0/s1. The Labute approximate surface area is 208 Å². The van der Waals surface area contributed by atoms with Gasteiger partial charge in [0.05, 0.1) is 23.8 Å². The Morgan fingerprint density at radius 3 is 2.54 bits per heavy atom. The number of hydrogen-bond acceptors (Lipinski definition) is 5. The third-order valence-electron chi connectivity index (χ3n) is 7.13. The molecule has 0 radical (unpaired) electrons. The number of rotatable bonds is 6. The number of hydrogen-bond donors (Lipinski definition) is 2. The van der Waals surface area contributed by atoms with E-state index in [4.69, 9.17) is 5.73 Å². The van der Waals surface area contributed by atoms with Crippen LogP contribution >= 0.6 is 0 Å². The summed E-state index contributed by atoms with van der Waals surface area (Å²) in [6, 6.07) is 9.45. The van der Waals surface area contributed by atoms with Crippen molar-refractivity contribution in [1.29, 1.82) is 0 Å². The molecule has 2 aliphatic rings. The molecule has 9 nitrogen and oxygen atoms in total. The largest absolute Gasteiger partial charge is 0.336 e. The minimum atomic E-state index is -0.593. The fraction of sp³-hybridized carbons (Fsp3) is 0.615. The van der Waals surface area contributed by atoms with E-state index >= 15 is 0 Å². The zero-order valence-electron chi connectivity index (χ0n) is 21.5. The lowest BCUT2D eigenvalue weighted by molar-refractivity contribution is -0.136. The Morgan fingerprint density at radius 2 is 1.89 bits per heavy atom. The van der Waals surface area contributed by atoms with Gasteiger partial charge in [0.25, 0.3) is 0 Å². The van der Waals surface area contributed by atoms with Gasteiger partial charge >= 0.3 is 6.03 Å². The van der Waals surface area contributed by atoms with Gasteiger partial charge in [-0.2, -0.15) is 0 Å². The molecule has 190 valence electrons. The van der Waals surface area contributed by atoms with Crippen molar-refractivity contribution in [2.24, 2.45) is 17.1 Å². The maximum atomic E-state index is 13.4. The highest BCUT2D eigenvalue weighted by Crippen LogP contribution is 2.37. The summed E-state index contributed by atoms with van der Waals surface area (Å²) in [5, 5.41) is 11.8. The second kappa shape index (κ2) is 9.97. The molecule has 1 aromatic carbocycles. The molecule has 2 aliphatic heterocycles. The number of nitrogens with two attached hydrogens (primary N) is 1. The SMILES string of the molecule is CC(C)NC(=O)N1C[C@H](Cn2cc(Cc3ccccc3)nn2)[C@@H]2[C@H]1CCN2C(=O)[C@@H](N)C(C)(C)C. The smallest absolute Gasteiger partial charge is 0.317 e. The third-order valence-corrected chi connectivity index (χ3v) is 7.13. The lowest BCUT2D eigenvalue weighted by Crippen LogP contribution is -2.54. The van der Waals surface area contributed by atoms with Crippen LogP contribution in [0.15, 0.2) is 36.5 Å². The number of urea groups is 1. The molecule has 0 aliphatic carbocycles. The van der Waals surface area contributed by atoms with Crippen LogP contribution in [0.4, 0.5) is 4.79 Å². The Morgan fingerprint density at radius 1 is 1.17 bits per heavy atom. The molecular formula is C26H39N7O2. The lowest BCUT2D eigenvalue weighted by Gasteiger charge is -2.34. The molecule has 3 amide bonds. The summed E-state index contributed by atoms with van der Waals surface area (Å²) >= 11 is 0. The molecule has 0 saturated carbocycles. The number of fused-ring (bicyclic) bond motifs is 1. The summed E-state index contributed by atoms with van der Waals surface area (Å²) < 4.78 is 1.86. The molecule has 4 rings (SSSR count). The Hall–Kier alpha value is -2.94. The minimum absolute atomic E-state index is 0.0258. The van der Waals surface area contributed by atoms with E-state index in [0.717, 1.165) is 12.1 Å². The minimum Gasteiger partial charge on any atom is -0.336 e. The molecular weight excluding hydrogens is 442 g/mol. The molecule has 0 bridgehead atoms. The molecule has 0 unspecified atom stereocenters. The number of benzene rings is 1. The van der Waals surface area contributed by atoms with Gasteiger partial charge < -0.3 is 20.9 Å². The molecule has 2 aromatic rings. The average molecular weight is 482 g/mol. The van der Waals surface area contributed by atoms with Gasteiger partial charge in [-0.3, -0.25) is 9.48 Å². The Balaban J connectivity index is 1.54. The summed E-state index contributed by atoms with van der Waals surface area (Å²) in [6.45, 7) is 11.6. The molecule has 3 heterocycles. The second-order valence-electron chi connectivity index (χ2n) is 11.3. The molecule has 35 heavy (non-hydrogen) atoms. The quantitative estimate of drug-likeness (QED) is 0.658. The number of likely N-dealkylation sites (tertiary alicyclic amines) is 2. The van der Waals surface area contributed by atoms with Crippen molar-refractivity contribution in [3.8, 4) is 0 Å². The molecule has 1 aromatic heterocycles. The molecule has 2 fully saturated rings. The summed E-state index contributed by atoms with van der Waals surface area (Å²) in [5.41, 5.74) is 8.12. The zero-order valence-corrected chi connectivity index (χ0v) is 21.5. The predicted octanol–water partition coefficient (Wildman–Crippen LogP) is 2.26. The van der Waals surface area contributed by atoms with Crippen molar-refractivity contribution in [3.63, 3.8) is 0 Å². The van der Waals surface area contributed by atoms with Gasteiger partial charge in [0.15, 0.2) is 0 Å². The van der Waals surface area contributed by atoms with Crippen molar-refractivity contribution in [1.82, 2.24) is 30.1 Å². The fourth-order valence-electron chi connectivity index (χ4n) is 5.29. The fourth-order valence-corrected chi connectivity index (χ4v) is 5.29. The lowest BCUT2D eigenvalue weighted by atomic mass is 9.86. The number of nitrogens with one attached hydrogen (secondary N) is 1. The summed E-state index contributed by atoms with van der Waals surface area (Å²) in [5.74, 6) is 0.00674. The molecule has 4 atom stereocenters. The van der Waals surface area contributed by atoms with Crippen molar-refractivity contribution in [2.45, 2.75) is 78.2 Å². The molecule has 3 N–H and O–H groups in total. The first kappa shape index (κ1) is 25.2. The maximum Gasteiger partial charge on any atom is 0.317 e. The second-order valence-corrected chi connectivity index (χ2v) is 11.3. The van der Waals surface area contributed by atoms with Crippen LogP contribution in [0.5, 0.6) is 0 Å². The van der Waals surface area contributed by atoms with Gasteiger partial charge in [-0.15, -0.1) is 5.10 Å².